The molecule has 9 rings (SSSR count). The number of nitrogens with two attached hydrogens (primary N) is 2. The first-order valence-electron chi connectivity index (χ1n) is 40.3. The SMILES string of the molecule is CC(C)[C@@H]1NC(=O)[C@H](Cc2c[nH]c3ccccc23)NC(=O)[C@H](CC(=O)O)NC(=O)[C@H](C)NC(=O)c2ccccc2CSC[C@@H](C(=O)N[C@@H](Cc2ccc(O)cc2)C(=O)N[C@@H](Cc2c[nH]c3ccccc23)C(=O)N[C@@H](Cc2cnc[nH]2)C(=O)N[C@H](C(=O)N[C@@H](Cc2ccccc2)C(=O)NCC(=O)NCCOCC(=O)N[C@H](CCCCN)C(N)=O)[C@@H](C)O)NC1=O. The number of thioether (sulfide) groups is 1. The Balaban J connectivity index is 0.974. The highest BCUT2D eigenvalue weighted by Gasteiger charge is 2.39. The van der Waals surface area contributed by atoms with Crippen molar-refractivity contribution in [1.29, 1.82) is 0 Å². The molecule has 1 aliphatic rings. The second-order valence-corrected chi connectivity index (χ2v) is 31.3. The molecule has 3 aromatic heterocycles. The number of carboxylic acids is 1. The number of hydrogen-bond acceptors (Lipinski definition) is 21. The lowest BCUT2D eigenvalue weighted by atomic mass is 9.99. The lowest BCUT2D eigenvalue weighted by Gasteiger charge is -2.29. The number of aromatic nitrogens is 4. The molecule has 124 heavy (non-hydrogen) atoms. The van der Waals surface area contributed by atoms with E-state index < -0.39 is 187 Å². The number of hydrogen-bond donors (Lipinski definition) is 21. The molecule has 0 aliphatic carbocycles. The molecule has 14 amide bonds. The van der Waals surface area contributed by atoms with Crippen LogP contribution in [-0.2, 0) is 110 Å². The van der Waals surface area contributed by atoms with Gasteiger partial charge in [0.15, 0.2) is 0 Å². The van der Waals surface area contributed by atoms with Gasteiger partial charge in [-0.05, 0) is 104 Å². The second kappa shape index (κ2) is 46.5. The van der Waals surface area contributed by atoms with Crippen LogP contribution in [0.5, 0.6) is 5.75 Å². The Morgan fingerprint density at radius 1 is 0.581 bits per heavy atom. The van der Waals surface area contributed by atoms with Gasteiger partial charge in [-0.2, -0.15) is 11.8 Å². The number of primary amides is 1. The fourth-order valence-electron chi connectivity index (χ4n) is 13.6. The maximum Gasteiger partial charge on any atom is 0.305 e. The van der Waals surface area contributed by atoms with Crippen molar-refractivity contribution in [2.45, 2.75) is 164 Å². The molecular weight excluding hydrogens is 1620 g/mol. The number of aliphatic carboxylic acids is 1. The van der Waals surface area contributed by atoms with E-state index in [2.05, 4.69) is 89.1 Å². The third-order valence-corrected chi connectivity index (χ3v) is 21.4. The number of imidazole rings is 1. The highest BCUT2D eigenvalue weighted by molar-refractivity contribution is 7.98. The maximum atomic E-state index is 15.6. The van der Waals surface area contributed by atoms with Crippen molar-refractivity contribution in [1.82, 2.24) is 89.1 Å². The predicted octanol–water partition coefficient (Wildman–Crippen LogP) is -1.12. The van der Waals surface area contributed by atoms with Crippen LogP contribution in [0.1, 0.15) is 97.2 Å². The quantitative estimate of drug-likeness (QED) is 0.0204. The van der Waals surface area contributed by atoms with Gasteiger partial charge in [-0.3, -0.25) is 71.9 Å². The summed E-state index contributed by atoms with van der Waals surface area (Å²) < 4.78 is 5.35. The van der Waals surface area contributed by atoms with E-state index in [9.17, 15) is 63.3 Å². The molecule has 0 fully saturated rings. The van der Waals surface area contributed by atoms with Gasteiger partial charge < -0.3 is 116 Å². The average Bonchev–Trinajstić information content (AvgIpc) is 1.70. The predicted molar refractivity (Wildman–Crippen MR) is 455 cm³/mol. The minimum absolute atomic E-state index is 0.0382. The van der Waals surface area contributed by atoms with Crippen LogP contribution in [0.4, 0.5) is 0 Å². The molecule has 0 spiro atoms. The number of phenolic OH excluding ortho intramolecular Hbond substituents is 1. The van der Waals surface area contributed by atoms with Gasteiger partial charge in [-0.15, -0.1) is 0 Å². The number of carbonyl (C=O) groups is 15. The van der Waals surface area contributed by atoms with E-state index in [-0.39, 0.29) is 80.2 Å². The minimum Gasteiger partial charge on any atom is -0.508 e. The molecule has 4 heterocycles. The van der Waals surface area contributed by atoms with Gasteiger partial charge in [0.1, 0.15) is 78.8 Å². The van der Waals surface area contributed by atoms with Gasteiger partial charge in [-0.1, -0.05) is 111 Å². The van der Waals surface area contributed by atoms with Crippen LogP contribution in [0.25, 0.3) is 21.8 Å². The fraction of sp³-hybridized carbons (Fsp3) is 0.388. The number of carboxylic acid groups (broad SMARTS) is 1. The number of unbranched alkanes of at least 4 members (excludes halogenated alkanes) is 1. The summed E-state index contributed by atoms with van der Waals surface area (Å²) in [7, 11) is 0. The fourth-order valence-corrected chi connectivity index (χ4v) is 14.7. The number of aromatic amines is 3. The van der Waals surface area contributed by atoms with Crippen LogP contribution in [0.2, 0.25) is 0 Å². The van der Waals surface area contributed by atoms with Crippen LogP contribution < -0.4 is 80.6 Å². The Hall–Kier alpha value is -13.5. The molecule has 23 N–H and O–H groups in total. The van der Waals surface area contributed by atoms with Gasteiger partial charge in [0, 0.05) is 102 Å². The third-order valence-electron chi connectivity index (χ3n) is 20.4. The Labute approximate surface area is 716 Å². The first-order valence-corrected chi connectivity index (χ1v) is 41.5. The standard InChI is InChI=1S/C85H105N19O19S/c1-46(2)72-84(121)102-68(44-124-43-51-18-8-9-21-58(51)76(113)94-47(3)75(112)96-67(37-71(109)110)80(117)99-65(81(118)103-72)35-53-39-91-60-23-13-11-20-57(53)60)83(120)97-63(33-50-25-27-55(106)28-26-50)78(115)98-64(34-52-38-90-59-22-12-10-19-56(52)59)79(116)100-66(36-54-40-88-45-93-54)82(119)104-73(48(4)105)85(122)101-62(32-49-16-6-5-7-17-49)77(114)92-41-69(107)89-30-31-123-42-70(108)95-61(74(87)111)24-14-15-29-86/h5-13,16-23,25-28,38-40,45-48,61-68,72-73,90-91,105-106H,14-15,24,29-37,41-44,86H2,1-4H3,(H2,87,111)(H,88,93)(H,89,107)(H,92,114)(H,94,113)(H,95,108)(H,96,112)(H,97,120)(H,98,115)(H,99,117)(H,100,116)(H,101,122)(H,102,121)(H,103,118)(H,104,119)(H,109,110)/t47-,48+,61+,62-,63-,64-,65-,66-,67-,68-,72-,73-/m0/s1. The Kier molecular flexibility index (Phi) is 35.4. The smallest absolute Gasteiger partial charge is 0.305 e. The molecule has 660 valence electrons. The van der Waals surface area contributed by atoms with Gasteiger partial charge >= 0.3 is 5.97 Å². The van der Waals surface area contributed by atoms with Crippen LogP contribution in [-0.4, -0.2) is 235 Å². The molecule has 39 heteroatoms. The number of benzene rings is 5. The van der Waals surface area contributed by atoms with Crippen molar-refractivity contribution < 1.29 is 92.0 Å². The zero-order chi connectivity index (χ0) is 89.5. The first kappa shape index (κ1) is 94.3. The molecule has 0 saturated heterocycles. The van der Waals surface area contributed by atoms with Crippen LogP contribution in [0.15, 0.2) is 152 Å². The van der Waals surface area contributed by atoms with E-state index in [4.69, 9.17) is 16.2 Å². The molecule has 12 atom stereocenters. The number of aromatic hydroxyl groups is 1. The monoisotopic (exact) mass is 1730 g/mol. The number of rotatable bonds is 38. The molecule has 0 saturated carbocycles. The average molecular weight is 1730 g/mol. The molecule has 8 aromatic rings. The summed E-state index contributed by atoms with van der Waals surface area (Å²) in [4.78, 5) is 226. The van der Waals surface area contributed by atoms with E-state index in [0.717, 1.165) is 11.8 Å². The number of aliphatic hydroxyl groups excluding tert-OH is 1. The van der Waals surface area contributed by atoms with Gasteiger partial charge in [0.25, 0.3) is 5.91 Å². The number of carbonyl (C=O) groups excluding carboxylic acids is 14. The van der Waals surface area contributed by atoms with Crippen molar-refractivity contribution in [3.05, 3.63) is 191 Å². The van der Waals surface area contributed by atoms with Crippen LogP contribution in [0.3, 0.4) is 0 Å². The number of ether oxygens (including phenoxy) is 1. The van der Waals surface area contributed by atoms with Gasteiger partial charge in [0.05, 0.1) is 32.0 Å². The molecular formula is C85H105N19O19S. The number of aliphatic hydroxyl groups is 1. The normalized spacial score (nSPS) is 17.8. The van der Waals surface area contributed by atoms with Gasteiger partial charge in [0.2, 0.25) is 76.8 Å². The van der Waals surface area contributed by atoms with Crippen LogP contribution in [0, 0.1) is 5.92 Å². The second-order valence-electron chi connectivity index (χ2n) is 30.2. The number of fused-ring (bicyclic) bond motifs is 3. The summed E-state index contributed by atoms with van der Waals surface area (Å²) in [5.41, 5.74) is 14.9. The highest BCUT2D eigenvalue weighted by atomic mass is 32.2. The van der Waals surface area contributed by atoms with Crippen molar-refractivity contribution in [2.24, 2.45) is 17.4 Å². The number of H-pyrrole nitrogens is 3. The molecule has 0 bridgehead atoms. The molecule has 0 radical (unpaired) electrons. The molecule has 38 nitrogen and oxygen atoms in total. The van der Waals surface area contributed by atoms with E-state index in [1.54, 1.807) is 123 Å². The Morgan fingerprint density at radius 3 is 1.81 bits per heavy atom. The van der Waals surface area contributed by atoms with E-state index >= 15 is 24.0 Å². The van der Waals surface area contributed by atoms with Crippen molar-refractivity contribution in [3.63, 3.8) is 0 Å². The van der Waals surface area contributed by atoms with Gasteiger partial charge in [-0.25, -0.2) is 4.98 Å². The van der Waals surface area contributed by atoms with Crippen molar-refractivity contribution in [2.75, 3.05) is 38.6 Å². The number of amides is 14. The molecule has 0 unspecified atom stereocenters. The maximum absolute atomic E-state index is 15.6. The minimum atomic E-state index is -1.86. The summed E-state index contributed by atoms with van der Waals surface area (Å²) in [6.07, 6.45) is 3.20. The largest absolute Gasteiger partial charge is 0.508 e. The summed E-state index contributed by atoms with van der Waals surface area (Å²) in [6, 6.07) is 17.2. The summed E-state index contributed by atoms with van der Waals surface area (Å²) >= 11 is 1.06. The van der Waals surface area contributed by atoms with E-state index in [1.807, 2.05) is 0 Å². The van der Waals surface area contributed by atoms with E-state index in [0.29, 0.717) is 69.0 Å². The van der Waals surface area contributed by atoms with E-state index in [1.165, 1.54) is 56.7 Å². The first-order chi connectivity index (χ1) is 59.4. The Morgan fingerprint density at radius 2 is 1.17 bits per heavy atom. The molecule has 1 aliphatic heterocycles. The number of nitrogens with one attached hydrogen (secondary N) is 16. The van der Waals surface area contributed by atoms with Crippen LogP contribution >= 0.6 is 11.8 Å². The zero-order valence-electron chi connectivity index (χ0n) is 68.6. The van der Waals surface area contributed by atoms with Crippen molar-refractivity contribution >= 4 is 122 Å². The summed E-state index contributed by atoms with van der Waals surface area (Å²) in [5, 5.41) is 67.1. The third kappa shape index (κ3) is 28.3. The van der Waals surface area contributed by atoms with Crippen molar-refractivity contribution in [3.8, 4) is 5.75 Å². The lowest BCUT2D eigenvalue weighted by Crippen LogP contribution is -2.62. The Bertz CT molecular complexity index is 5070. The highest BCUT2D eigenvalue weighted by Crippen LogP contribution is 2.24. The number of phenols is 1. The molecule has 5 aromatic carbocycles. The topological polar surface area (TPSA) is 595 Å². The summed E-state index contributed by atoms with van der Waals surface area (Å²) in [6.45, 7) is 4.75. The number of para-hydroxylation sites is 2. The number of nitrogens with zero attached hydrogens (tertiary/aromatic N) is 1. The zero-order valence-corrected chi connectivity index (χ0v) is 69.5. The lowest BCUT2D eigenvalue weighted by molar-refractivity contribution is -0.141. The summed E-state index contributed by atoms with van der Waals surface area (Å²) in [5.74, 6) is -15.6.